The fourth-order valence-electron chi connectivity index (χ4n) is 3.94. The zero-order chi connectivity index (χ0) is 20.8. The molecule has 0 saturated carbocycles. The van der Waals surface area contributed by atoms with Gasteiger partial charge in [-0.05, 0) is 35.7 Å². The molecule has 2 heterocycles. The minimum Gasteiger partial charge on any atom is -0.337 e. The molecule has 0 bridgehead atoms. The minimum absolute atomic E-state index is 0.296. The van der Waals surface area contributed by atoms with Crippen LogP contribution >= 0.6 is 0 Å². The molecule has 0 unspecified atom stereocenters. The maximum Gasteiger partial charge on any atom is 0.246 e. The first kappa shape index (κ1) is 19.9. The van der Waals surface area contributed by atoms with Crippen LogP contribution in [0.15, 0.2) is 47.4 Å². The van der Waals surface area contributed by atoms with Gasteiger partial charge in [-0.1, -0.05) is 24.3 Å². The molecule has 0 aliphatic carbocycles. The van der Waals surface area contributed by atoms with Crippen molar-refractivity contribution in [2.24, 2.45) is 0 Å². The van der Waals surface area contributed by atoms with Gasteiger partial charge in [0.1, 0.15) is 28.7 Å². The van der Waals surface area contributed by atoms with E-state index >= 15 is 0 Å². The Morgan fingerprint density at radius 3 is 2.55 bits per heavy atom. The van der Waals surface area contributed by atoms with E-state index in [9.17, 15) is 26.4 Å². The molecular formula is C20H19F3N2O3S. The lowest BCUT2D eigenvalue weighted by atomic mass is 9.99. The number of hydrogen-bond acceptors (Lipinski definition) is 3. The number of amides is 1. The molecular weight excluding hydrogens is 405 g/mol. The van der Waals surface area contributed by atoms with Crippen molar-refractivity contribution in [3.63, 3.8) is 0 Å². The smallest absolute Gasteiger partial charge is 0.246 e. The average Bonchev–Trinajstić information content (AvgIpc) is 3.11. The zero-order valence-corrected chi connectivity index (χ0v) is 16.2. The lowest BCUT2D eigenvalue weighted by molar-refractivity contribution is -0.135. The van der Waals surface area contributed by atoms with E-state index in [-0.39, 0.29) is 6.42 Å². The predicted octanol–water partition coefficient (Wildman–Crippen LogP) is 2.65. The van der Waals surface area contributed by atoms with Crippen molar-refractivity contribution >= 4 is 15.9 Å². The molecule has 2 atom stereocenters. The fraction of sp³-hybridized carbons (Fsp3) is 0.350. The molecule has 2 aliphatic rings. The Morgan fingerprint density at radius 1 is 1.07 bits per heavy atom. The second-order valence-corrected chi connectivity index (χ2v) is 9.14. The Kier molecular flexibility index (Phi) is 5.12. The number of benzene rings is 2. The summed E-state index contributed by atoms with van der Waals surface area (Å²) in [5.41, 5.74) is 2.06. The largest absolute Gasteiger partial charge is 0.337 e. The van der Waals surface area contributed by atoms with Gasteiger partial charge < -0.3 is 4.90 Å². The molecule has 2 aromatic carbocycles. The molecule has 0 spiro atoms. The molecule has 4 rings (SSSR count). The van der Waals surface area contributed by atoms with Crippen molar-refractivity contribution in [3.8, 4) is 0 Å². The van der Waals surface area contributed by atoms with E-state index in [0.29, 0.717) is 35.9 Å². The highest BCUT2D eigenvalue weighted by molar-refractivity contribution is 7.89. The van der Waals surface area contributed by atoms with Crippen molar-refractivity contribution in [2.75, 3.05) is 13.1 Å². The van der Waals surface area contributed by atoms with Crippen molar-refractivity contribution in [2.45, 2.75) is 36.5 Å². The summed E-state index contributed by atoms with van der Waals surface area (Å²) >= 11 is 0. The van der Waals surface area contributed by atoms with Gasteiger partial charge >= 0.3 is 0 Å². The minimum atomic E-state index is -4.59. The quantitative estimate of drug-likeness (QED) is 0.761. The Hall–Kier alpha value is -2.39. The monoisotopic (exact) mass is 424 g/mol. The molecule has 0 aromatic heterocycles. The number of sulfonamides is 1. The van der Waals surface area contributed by atoms with E-state index in [2.05, 4.69) is 0 Å². The maximum absolute atomic E-state index is 14.2. The van der Waals surface area contributed by atoms with Gasteiger partial charge in [-0.15, -0.1) is 0 Å². The summed E-state index contributed by atoms with van der Waals surface area (Å²) in [5.74, 6) is -2.61. The Bertz CT molecular complexity index is 1060. The van der Waals surface area contributed by atoms with Gasteiger partial charge in [0.25, 0.3) is 0 Å². The standard InChI is InChI=1S/C20H19F3N2O3S/c21-15-5-6-17(23)19(10-15)29(27,28)25-12-16(22)9-18(25)20(26)24-8-7-13-3-1-2-4-14(13)11-24/h1-6,10,16,18H,7-9,11-12H2/t16-,18-/m0/s1. The third-order valence-corrected chi connectivity index (χ3v) is 7.30. The van der Waals surface area contributed by atoms with Gasteiger partial charge in [-0.3, -0.25) is 4.79 Å². The zero-order valence-electron chi connectivity index (χ0n) is 15.4. The second kappa shape index (κ2) is 7.46. The first-order valence-electron chi connectivity index (χ1n) is 9.24. The van der Waals surface area contributed by atoms with Crippen LogP contribution in [0.1, 0.15) is 17.5 Å². The molecule has 0 N–H and O–H groups in total. The van der Waals surface area contributed by atoms with Gasteiger partial charge in [-0.2, -0.15) is 4.31 Å². The van der Waals surface area contributed by atoms with E-state index in [1.165, 1.54) is 4.90 Å². The SMILES string of the molecule is O=C([C@@H]1C[C@H](F)CN1S(=O)(=O)c1cc(F)ccc1F)N1CCc2ccccc2C1. The maximum atomic E-state index is 14.2. The van der Waals surface area contributed by atoms with Crippen LogP contribution in [0.2, 0.25) is 0 Å². The van der Waals surface area contributed by atoms with Crippen LogP contribution in [0.25, 0.3) is 0 Å². The average molecular weight is 424 g/mol. The molecule has 154 valence electrons. The van der Waals surface area contributed by atoms with Crippen molar-refractivity contribution in [1.82, 2.24) is 9.21 Å². The number of carbonyl (C=O) groups is 1. The molecule has 2 aromatic rings. The number of carbonyl (C=O) groups excluding carboxylic acids is 1. The van der Waals surface area contributed by atoms with Gasteiger partial charge in [0.05, 0.1) is 0 Å². The molecule has 1 fully saturated rings. The van der Waals surface area contributed by atoms with Crippen molar-refractivity contribution < 1.29 is 26.4 Å². The van der Waals surface area contributed by atoms with Gasteiger partial charge in [0, 0.05) is 26.1 Å². The summed E-state index contributed by atoms with van der Waals surface area (Å²) in [6.45, 7) is 0.106. The topological polar surface area (TPSA) is 57.7 Å². The predicted molar refractivity (Wildman–Crippen MR) is 99.1 cm³/mol. The second-order valence-electron chi connectivity index (χ2n) is 7.28. The summed E-state index contributed by atoms with van der Waals surface area (Å²) in [4.78, 5) is 13.7. The number of hydrogen-bond donors (Lipinski definition) is 0. The Morgan fingerprint density at radius 2 is 1.79 bits per heavy atom. The molecule has 0 radical (unpaired) electrons. The van der Waals surface area contributed by atoms with Crippen LogP contribution in [0.3, 0.4) is 0 Å². The van der Waals surface area contributed by atoms with E-state index in [1.807, 2.05) is 24.3 Å². The highest BCUT2D eigenvalue weighted by Gasteiger charge is 2.46. The fourth-order valence-corrected chi connectivity index (χ4v) is 5.64. The lowest BCUT2D eigenvalue weighted by Crippen LogP contribution is -2.49. The van der Waals surface area contributed by atoms with Gasteiger partial charge in [0.2, 0.25) is 15.9 Å². The normalized spacial score (nSPS) is 22.5. The summed E-state index contributed by atoms with van der Waals surface area (Å²) < 4.78 is 68.3. The number of nitrogens with zero attached hydrogens (tertiary/aromatic N) is 2. The van der Waals surface area contributed by atoms with Crippen LogP contribution in [0.5, 0.6) is 0 Å². The highest BCUT2D eigenvalue weighted by Crippen LogP contribution is 2.31. The molecule has 9 heteroatoms. The van der Waals surface area contributed by atoms with Crippen LogP contribution in [-0.2, 0) is 27.8 Å². The van der Waals surface area contributed by atoms with E-state index < -0.39 is 51.2 Å². The van der Waals surface area contributed by atoms with E-state index in [4.69, 9.17) is 0 Å². The first-order chi connectivity index (χ1) is 13.8. The molecule has 29 heavy (non-hydrogen) atoms. The van der Waals surface area contributed by atoms with Crippen molar-refractivity contribution in [3.05, 3.63) is 65.2 Å². The summed E-state index contributed by atoms with van der Waals surface area (Å²) in [6, 6.07) is 8.36. The summed E-state index contributed by atoms with van der Waals surface area (Å²) in [5, 5.41) is 0. The molecule has 1 saturated heterocycles. The van der Waals surface area contributed by atoms with Crippen LogP contribution in [0, 0.1) is 11.6 Å². The number of rotatable bonds is 3. The van der Waals surface area contributed by atoms with Gasteiger partial charge in [-0.25, -0.2) is 21.6 Å². The number of fused-ring (bicyclic) bond motifs is 1. The number of halogens is 3. The Balaban J connectivity index is 1.63. The first-order valence-corrected chi connectivity index (χ1v) is 10.7. The molecule has 2 aliphatic heterocycles. The van der Waals surface area contributed by atoms with Crippen molar-refractivity contribution in [1.29, 1.82) is 0 Å². The highest BCUT2D eigenvalue weighted by atomic mass is 32.2. The summed E-state index contributed by atoms with van der Waals surface area (Å²) in [7, 11) is -4.59. The third-order valence-electron chi connectivity index (χ3n) is 5.41. The van der Waals surface area contributed by atoms with E-state index in [0.717, 1.165) is 17.2 Å². The lowest BCUT2D eigenvalue weighted by Gasteiger charge is -2.33. The molecule has 5 nitrogen and oxygen atoms in total. The summed E-state index contributed by atoms with van der Waals surface area (Å²) in [6.07, 6.45) is -1.26. The molecule has 1 amide bonds. The van der Waals surface area contributed by atoms with E-state index in [1.54, 1.807) is 0 Å². The van der Waals surface area contributed by atoms with Crippen LogP contribution in [-0.4, -0.2) is 48.8 Å². The Labute approximate surface area is 166 Å². The number of alkyl halides is 1. The third kappa shape index (κ3) is 3.64. The van der Waals surface area contributed by atoms with Crippen LogP contribution < -0.4 is 0 Å². The van der Waals surface area contributed by atoms with Crippen LogP contribution in [0.4, 0.5) is 13.2 Å². The van der Waals surface area contributed by atoms with Gasteiger partial charge in [0.15, 0.2) is 0 Å².